The van der Waals surface area contributed by atoms with Crippen LogP contribution in [0.5, 0.6) is 0 Å². The summed E-state index contributed by atoms with van der Waals surface area (Å²) in [5, 5.41) is 0. The van der Waals surface area contributed by atoms with Crippen molar-refractivity contribution < 1.29 is 0 Å². The van der Waals surface area contributed by atoms with E-state index in [-0.39, 0.29) is 0 Å². The second-order valence-corrected chi connectivity index (χ2v) is 5.94. The highest BCUT2D eigenvalue weighted by Gasteiger charge is 2.18. The summed E-state index contributed by atoms with van der Waals surface area (Å²) < 4.78 is 1.18. The number of allylic oxidation sites excluding steroid dienone is 2. The van der Waals surface area contributed by atoms with Gasteiger partial charge in [0.25, 0.3) is 0 Å². The topological polar surface area (TPSA) is 0 Å². The first kappa shape index (κ1) is 12.7. The minimum Gasteiger partial charge on any atom is -0.0763 e. The van der Waals surface area contributed by atoms with Crippen LogP contribution in [-0.2, 0) is 6.42 Å². The van der Waals surface area contributed by atoms with Gasteiger partial charge in [0.1, 0.15) is 0 Å². The minimum atomic E-state index is 1.07. The number of fused-ring (bicyclic) bond motifs is 1. The molecular formula is C18H17Br. The van der Waals surface area contributed by atoms with E-state index in [1.807, 2.05) is 0 Å². The van der Waals surface area contributed by atoms with Crippen LogP contribution in [0.3, 0.4) is 0 Å². The quantitative estimate of drug-likeness (QED) is 0.666. The molecule has 0 nitrogen and oxygen atoms in total. The maximum atomic E-state index is 3.66. The highest BCUT2D eigenvalue weighted by atomic mass is 79.9. The molecule has 1 aliphatic rings. The van der Waals surface area contributed by atoms with Gasteiger partial charge in [-0.2, -0.15) is 0 Å². The Morgan fingerprint density at radius 3 is 2.53 bits per heavy atom. The second-order valence-electron chi connectivity index (χ2n) is 5.03. The van der Waals surface area contributed by atoms with E-state index in [1.165, 1.54) is 45.1 Å². The largest absolute Gasteiger partial charge is 0.0763 e. The molecule has 0 unspecified atom stereocenters. The molecule has 0 aliphatic heterocycles. The summed E-state index contributed by atoms with van der Waals surface area (Å²) in [6.07, 6.45) is 5.85. The van der Waals surface area contributed by atoms with E-state index in [1.54, 1.807) is 0 Å². The zero-order valence-corrected chi connectivity index (χ0v) is 12.7. The van der Waals surface area contributed by atoms with Crippen LogP contribution in [0, 0.1) is 0 Å². The minimum absolute atomic E-state index is 1.07. The van der Waals surface area contributed by atoms with Gasteiger partial charge in [0.05, 0.1) is 0 Å². The van der Waals surface area contributed by atoms with Gasteiger partial charge >= 0.3 is 0 Å². The lowest BCUT2D eigenvalue weighted by Gasteiger charge is -2.12. The lowest BCUT2D eigenvalue weighted by Crippen LogP contribution is -1.91. The molecule has 0 amide bonds. The fourth-order valence-electron chi connectivity index (χ4n) is 2.86. The fraction of sp³-hybridized carbons (Fsp3) is 0.222. The predicted octanol–water partition coefficient (Wildman–Crippen LogP) is 5.86. The molecule has 0 radical (unpaired) electrons. The molecule has 3 rings (SSSR count). The first-order valence-electron chi connectivity index (χ1n) is 6.87. The summed E-state index contributed by atoms with van der Waals surface area (Å²) in [4.78, 5) is 0. The lowest BCUT2D eigenvalue weighted by molar-refractivity contribution is 0.975. The number of benzene rings is 2. The Balaban J connectivity index is 2.12. The van der Waals surface area contributed by atoms with Crippen molar-refractivity contribution in [3.63, 3.8) is 0 Å². The predicted molar refractivity (Wildman–Crippen MR) is 86.2 cm³/mol. The maximum Gasteiger partial charge on any atom is 0.0187 e. The molecule has 0 saturated carbocycles. The standard InChI is InChI=1S/C18H17Br/c1-2-6-13-9-10-16-17(13)11-15(19)12-18(16)14-7-4-3-5-8-14/h3-5,7-9,11-12H,2,6,10H2,1H3. The van der Waals surface area contributed by atoms with Crippen molar-refractivity contribution in [2.75, 3.05) is 0 Å². The Morgan fingerprint density at radius 2 is 1.79 bits per heavy atom. The van der Waals surface area contributed by atoms with Crippen molar-refractivity contribution in [3.05, 3.63) is 64.1 Å². The molecule has 0 bridgehead atoms. The van der Waals surface area contributed by atoms with Crippen molar-refractivity contribution in [1.82, 2.24) is 0 Å². The highest BCUT2D eigenvalue weighted by Crippen LogP contribution is 2.39. The Hall–Kier alpha value is -1.34. The third-order valence-electron chi connectivity index (χ3n) is 3.72. The Bertz CT molecular complexity index is 624. The van der Waals surface area contributed by atoms with Crippen LogP contribution in [0.4, 0.5) is 0 Å². The van der Waals surface area contributed by atoms with Gasteiger partial charge in [0, 0.05) is 4.47 Å². The monoisotopic (exact) mass is 312 g/mol. The van der Waals surface area contributed by atoms with Crippen molar-refractivity contribution in [1.29, 1.82) is 0 Å². The van der Waals surface area contributed by atoms with Crippen molar-refractivity contribution in [2.45, 2.75) is 26.2 Å². The van der Waals surface area contributed by atoms with E-state index in [0.29, 0.717) is 0 Å². The molecule has 0 spiro atoms. The molecule has 96 valence electrons. The Kier molecular flexibility index (Phi) is 3.56. The van der Waals surface area contributed by atoms with Crippen LogP contribution in [0.25, 0.3) is 16.7 Å². The van der Waals surface area contributed by atoms with Gasteiger partial charge in [-0.3, -0.25) is 0 Å². The number of halogens is 1. The molecule has 1 aliphatic carbocycles. The zero-order valence-electron chi connectivity index (χ0n) is 11.1. The average Bonchev–Trinajstić information content (AvgIpc) is 2.83. The van der Waals surface area contributed by atoms with Crippen LogP contribution >= 0.6 is 15.9 Å². The third-order valence-corrected chi connectivity index (χ3v) is 4.18. The Labute approximate surface area is 123 Å². The van der Waals surface area contributed by atoms with E-state index in [4.69, 9.17) is 0 Å². The van der Waals surface area contributed by atoms with E-state index in [2.05, 4.69) is 71.4 Å². The fourth-order valence-corrected chi connectivity index (χ4v) is 3.32. The summed E-state index contributed by atoms with van der Waals surface area (Å²) in [6, 6.07) is 15.2. The number of hydrogen-bond donors (Lipinski definition) is 0. The van der Waals surface area contributed by atoms with Gasteiger partial charge in [-0.05, 0) is 52.8 Å². The first-order valence-corrected chi connectivity index (χ1v) is 7.66. The molecule has 2 aromatic carbocycles. The van der Waals surface area contributed by atoms with Crippen LogP contribution in [0.15, 0.2) is 53.0 Å². The molecule has 0 N–H and O–H groups in total. The summed E-state index contributed by atoms with van der Waals surface area (Å²) in [7, 11) is 0. The van der Waals surface area contributed by atoms with Crippen molar-refractivity contribution in [2.24, 2.45) is 0 Å². The van der Waals surface area contributed by atoms with Gasteiger partial charge in [-0.15, -0.1) is 0 Å². The molecule has 0 aromatic heterocycles. The van der Waals surface area contributed by atoms with Crippen LogP contribution in [0.1, 0.15) is 30.9 Å². The van der Waals surface area contributed by atoms with Gasteiger partial charge < -0.3 is 0 Å². The van der Waals surface area contributed by atoms with Crippen LogP contribution in [0.2, 0.25) is 0 Å². The smallest absolute Gasteiger partial charge is 0.0187 e. The van der Waals surface area contributed by atoms with Gasteiger partial charge in [0.2, 0.25) is 0 Å². The van der Waals surface area contributed by atoms with Crippen molar-refractivity contribution in [3.8, 4) is 11.1 Å². The SMILES string of the molecule is CCCC1=CCc2c1cc(Br)cc2-c1ccccc1. The van der Waals surface area contributed by atoms with Gasteiger partial charge in [0.15, 0.2) is 0 Å². The maximum absolute atomic E-state index is 3.66. The molecule has 2 aromatic rings. The normalized spacial score (nSPS) is 13.3. The van der Waals surface area contributed by atoms with Gasteiger partial charge in [-0.1, -0.05) is 65.7 Å². The summed E-state index contributed by atoms with van der Waals surface area (Å²) in [5.74, 6) is 0. The van der Waals surface area contributed by atoms with E-state index in [0.717, 1.165) is 6.42 Å². The zero-order chi connectivity index (χ0) is 13.2. The van der Waals surface area contributed by atoms with Gasteiger partial charge in [-0.25, -0.2) is 0 Å². The van der Waals surface area contributed by atoms with Crippen LogP contribution < -0.4 is 0 Å². The number of hydrogen-bond acceptors (Lipinski definition) is 0. The molecule has 0 saturated heterocycles. The second kappa shape index (κ2) is 5.34. The lowest BCUT2D eigenvalue weighted by atomic mass is 9.94. The molecule has 0 heterocycles. The first-order chi connectivity index (χ1) is 9.29. The van der Waals surface area contributed by atoms with E-state index >= 15 is 0 Å². The van der Waals surface area contributed by atoms with E-state index < -0.39 is 0 Å². The van der Waals surface area contributed by atoms with E-state index in [9.17, 15) is 0 Å². The Morgan fingerprint density at radius 1 is 1.05 bits per heavy atom. The molecule has 19 heavy (non-hydrogen) atoms. The summed E-state index contributed by atoms with van der Waals surface area (Å²) in [5.41, 5.74) is 7.11. The van der Waals surface area contributed by atoms with Crippen LogP contribution in [-0.4, -0.2) is 0 Å². The molecule has 0 atom stereocenters. The summed E-state index contributed by atoms with van der Waals surface area (Å²) >= 11 is 3.66. The number of rotatable bonds is 3. The third kappa shape index (κ3) is 2.40. The summed E-state index contributed by atoms with van der Waals surface area (Å²) in [6.45, 7) is 2.24. The van der Waals surface area contributed by atoms with Crippen molar-refractivity contribution >= 4 is 21.5 Å². The average molecular weight is 313 g/mol. The molecule has 0 fully saturated rings. The molecule has 1 heteroatoms. The highest BCUT2D eigenvalue weighted by molar-refractivity contribution is 9.10. The molecular weight excluding hydrogens is 296 g/mol.